The number of hydrogen-bond donors (Lipinski definition) is 1. The molecule has 1 N–H and O–H groups in total. The Balaban J connectivity index is 1.54. The molecule has 8 heteroatoms. The first-order valence-corrected chi connectivity index (χ1v) is 11.0. The van der Waals surface area contributed by atoms with Crippen molar-refractivity contribution in [2.75, 3.05) is 18.9 Å². The molecule has 2 aliphatic heterocycles. The van der Waals surface area contributed by atoms with Gasteiger partial charge in [0.25, 0.3) is 11.9 Å². The first-order valence-electron chi connectivity index (χ1n) is 10.6. The lowest BCUT2D eigenvalue weighted by molar-refractivity contribution is -0.534. The van der Waals surface area contributed by atoms with E-state index in [0.29, 0.717) is 40.7 Å². The van der Waals surface area contributed by atoms with E-state index in [4.69, 9.17) is 16.3 Å². The van der Waals surface area contributed by atoms with Crippen LogP contribution in [-0.4, -0.2) is 35.4 Å². The smallest absolute Gasteiger partial charge is 0.256 e. The summed E-state index contributed by atoms with van der Waals surface area (Å²) in [5, 5.41) is 16.0. The van der Waals surface area contributed by atoms with E-state index in [1.165, 1.54) is 0 Å². The zero-order valence-corrected chi connectivity index (χ0v) is 18.7. The van der Waals surface area contributed by atoms with Gasteiger partial charge in [-0.3, -0.25) is 19.8 Å². The van der Waals surface area contributed by atoms with Gasteiger partial charge in [0.1, 0.15) is 12.4 Å². The Bertz CT molecular complexity index is 1230. The van der Waals surface area contributed by atoms with Crippen LogP contribution < -0.4 is 10.1 Å². The maximum absolute atomic E-state index is 13.3. The third kappa shape index (κ3) is 3.35. The number of carbonyl (C=O) groups excluding carboxylic acids is 1. The standard InChI is InChI=1S/C25H22ClN3O4/c1-28-14-19(18-6-2-5-9-22(18)33-15-16-10-12-17(26)13-11-16)23(29(31)32)25(28)20-7-3-4-8-21(20)27-24(25)30/h2-13,19,23H,14-15H2,1H3,(H,27,30)/t19-,23-,25-/m1/s1. The molecule has 7 nitrogen and oxygen atoms in total. The van der Waals surface area contributed by atoms with Crippen LogP contribution in [0.15, 0.2) is 72.8 Å². The van der Waals surface area contributed by atoms with Crippen LogP contribution in [0.5, 0.6) is 5.75 Å². The van der Waals surface area contributed by atoms with Gasteiger partial charge in [-0.05, 0) is 36.9 Å². The van der Waals surface area contributed by atoms with E-state index < -0.39 is 17.5 Å². The number of likely N-dealkylation sites (N-methyl/N-ethyl adjacent to an activating group) is 1. The minimum absolute atomic E-state index is 0.300. The lowest BCUT2D eigenvalue weighted by Gasteiger charge is -2.30. The first kappa shape index (κ1) is 21.4. The Morgan fingerprint density at radius 2 is 1.82 bits per heavy atom. The third-order valence-electron chi connectivity index (χ3n) is 6.67. The van der Waals surface area contributed by atoms with E-state index in [9.17, 15) is 14.9 Å². The molecule has 3 aromatic rings. The van der Waals surface area contributed by atoms with Crippen LogP contribution in [0.2, 0.25) is 5.02 Å². The minimum atomic E-state index is -1.38. The lowest BCUT2D eigenvalue weighted by Crippen LogP contribution is -2.54. The minimum Gasteiger partial charge on any atom is -0.489 e. The summed E-state index contributed by atoms with van der Waals surface area (Å²) < 4.78 is 6.10. The van der Waals surface area contributed by atoms with Crippen molar-refractivity contribution < 1.29 is 14.5 Å². The molecule has 1 amide bonds. The summed E-state index contributed by atoms with van der Waals surface area (Å²) in [5.41, 5.74) is 1.53. The molecule has 1 fully saturated rings. The van der Waals surface area contributed by atoms with Crippen LogP contribution in [0, 0.1) is 10.1 Å². The van der Waals surface area contributed by atoms with Crippen molar-refractivity contribution in [2.45, 2.75) is 24.1 Å². The van der Waals surface area contributed by atoms with Gasteiger partial charge >= 0.3 is 0 Å². The van der Waals surface area contributed by atoms with Crippen molar-refractivity contribution >= 4 is 23.2 Å². The molecule has 2 aliphatic rings. The average molecular weight is 464 g/mol. The fourth-order valence-corrected chi connectivity index (χ4v) is 5.35. The second-order valence-electron chi connectivity index (χ2n) is 8.44. The number of nitrogens with zero attached hydrogens (tertiary/aromatic N) is 2. The van der Waals surface area contributed by atoms with Gasteiger partial charge in [-0.15, -0.1) is 0 Å². The number of halogens is 1. The van der Waals surface area contributed by atoms with E-state index >= 15 is 0 Å². The van der Waals surface area contributed by atoms with Gasteiger partial charge in [0.15, 0.2) is 5.54 Å². The van der Waals surface area contributed by atoms with E-state index in [2.05, 4.69) is 5.32 Å². The molecule has 3 atom stereocenters. The number of likely N-dealkylation sites (tertiary alicyclic amines) is 1. The summed E-state index contributed by atoms with van der Waals surface area (Å²) in [4.78, 5) is 27.3. The van der Waals surface area contributed by atoms with Crippen LogP contribution in [0.1, 0.15) is 22.6 Å². The van der Waals surface area contributed by atoms with Crippen LogP contribution in [0.25, 0.3) is 0 Å². The number of fused-ring (bicyclic) bond motifs is 2. The summed E-state index contributed by atoms with van der Waals surface area (Å²) in [6, 6.07) is 20.7. The maximum atomic E-state index is 13.3. The predicted molar refractivity (Wildman–Crippen MR) is 125 cm³/mol. The molecule has 0 aromatic heterocycles. The number of para-hydroxylation sites is 2. The summed E-state index contributed by atoms with van der Waals surface area (Å²) in [7, 11) is 1.77. The van der Waals surface area contributed by atoms with E-state index in [1.54, 1.807) is 31.3 Å². The molecule has 3 aromatic carbocycles. The molecule has 0 radical (unpaired) electrons. The van der Waals surface area contributed by atoms with Crippen LogP contribution in [0.4, 0.5) is 5.69 Å². The summed E-state index contributed by atoms with van der Waals surface area (Å²) in [6.45, 7) is 0.642. The molecule has 5 rings (SSSR count). The van der Waals surface area contributed by atoms with Crippen molar-refractivity contribution in [2.24, 2.45) is 0 Å². The fraction of sp³-hybridized carbons (Fsp3) is 0.240. The molecular formula is C25H22ClN3O4. The maximum Gasteiger partial charge on any atom is 0.256 e. The Morgan fingerprint density at radius 1 is 1.12 bits per heavy atom. The van der Waals surface area contributed by atoms with Crippen LogP contribution in [0.3, 0.4) is 0 Å². The molecule has 1 spiro atoms. The Kier molecular flexibility index (Phi) is 5.31. The molecule has 0 aliphatic carbocycles. The molecule has 2 heterocycles. The SMILES string of the molecule is CN1C[C@H](c2ccccc2OCc2ccc(Cl)cc2)[C@@H]([N+](=O)[O-])[C@]12C(=O)Nc1ccccc12. The number of carbonyl (C=O) groups is 1. The van der Waals surface area contributed by atoms with Gasteiger partial charge in [0.2, 0.25) is 0 Å². The molecule has 33 heavy (non-hydrogen) atoms. The number of nitro groups is 1. The van der Waals surface area contributed by atoms with Crippen molar-refractivity contribution in [3.8, 4) is 5.75 Å². The molecule has 0 unspecified atom stereocenters. The Hall–Kier alpha value is -3.42. The first-order chi connectivity index (χ1) is 15.9. The quantitative estimate of drug-likeness (QED) is 0.446. The zero-order valence-electron chi connectivity index (χ0n) is 17.9. The van der Waals surface area contributed by atoms with Crippen molar-refractivity contribution in [3.05, 3.63) is 105 Å². The number of ether oxygens (including phenoxy) is 1. The second kappa shape index (κ2) is 8.17. The number of amides is 1. The van der Waals surface area contributed by atoms with Gasteiger partial charge in [-0.1, -0.05) is 60.1 Å². The van der Waals surface area contributed by atoms with E-state index in [1.807, 2.05) is 53.4 Å². The largest absolute Gasteiger partial charge is 0.489 e. The number of anilines is 1. The summed E-state index contributed by atoms with van der Waals surface area (Å²) >= 11 is 5.96. The Morgan fingerprint density at radius 3 is 2.58 bits per heavy atom. The van der Waals surface area contributed by atoms with Gasteiger partial charge in [0, 0.05) is 33.3 Å². The number of benzene rings is 3. The fourth-order valence-electron chi connectivity index (χ4n) is 5.22. The lowest BCUT2D eigenvalue weighted by atomic mass is 9.79. The number of nitrogens with one attached hydrogen (secondary N) is 1. The topological polar surface area (TPSA) is 84.7 Å². The van der Waals surface area contributed by atoms with E-state index in [-0.39, 0.29) is 10.8 Å². The van der Waals surface area contributed by atoms with Crippen molar-refractivity contribution in [3.63, 3.8) is 0 Å². The normalized spacial score (nSPS) is 24.0. The highest BCUT2D eigenvalue weighted by molar-refractivity contribution is 6.30. The van der Waals surface area contributed by atoms with Crippen molar-refractivity contribution in [1.82, 2.24) is 4.90 Å². The van der Waals surface area contributed by atoms with Gasteiger partial charge in [-0.25, -0.2) is 0 Å². The van der Waals surface area contributed by atoms with Gasteiger partial charge in [0.05, 0.1) is 5.92 Å². The summed E-state index contributed by atoms with van der Waals surface area (Å²) in [6.07, 6.45) is 0. The number of hydrogen-bond acceptors (Lipinski definition) is 5. The van der Waals surface area contributed by atoms with Gasteiger partial charge in [-0.2, -0.15) is 0 Å². The highest BCUT2D eigenvalue weighted by Crippen LogP contribution is 2.52. The second-order valence-corrected chi connectivity index (χ2v) is 8.87. The molecular weight excluding hydrogens is 442 g/mol. The van der Waals surface area contributed by atoms with Crippen LogP contribution >= 0.6 is 11.6 Å². The molecule has 0 saturated carbocycles. The average Bonchev–Trinajstić information content (AvgIpc) is 3.28. The number of rotatable bonds is 5. The predicted octanol–water partition coefficient (Wildman–Crippen LogP) is 4.44. The highest BCUT2D eigenvalue weighted by atomic mass is 35.5. The van der Waals surface area contributed by atoms with E-state index in [0.717, 1.165) is 5.56 Å². The van der Waals surface area contributed by atoms with Crippen molar-refractivity contribution in [1.29, 1.82) is 0 Å². The molecule has 1 saturated heterocycles. The molecule has 0 bridgehead atoms. The monoisotopic (exact) mass is 463 g/mol. The highest BCUT2D eigenvalue weighted by Gasteiger charge is 2.68. The zero-order chi connectivity index (χ0) is 23.2. The molecule has 168 valence electrons. The summed E-state index contributed by atoms with van der Waals surface area (Å²) in [5.74, 6) is -0.334. The van der Waals surface area contributed by atoms with Gasteiger partial charge < -0.3 is 10.1 Å². The Labute approximate surface area is 196 Å². The van der Waals surface area contributed by atoms with Crippen LogP contribution in [-0.2, 0) is 16.9 Å². The third-order valence-corrected chi connectivity index (χ3v) is 6.92.